The molecule has 0 aliphatic carbocycles. The van der Waals surface area contributed by atoms with E-state index in [9.17, 15) is 22.0 Å². The summed E-state index contributed by atoms with van der Waals surface area (Å²) in [7, 11) is -1.28. The summed E-state index contributed by atoms with van der Waals surface area (Å²) in [6, 6.07) is 5.58. The number of halogens is 2. The van der Waals surface area contributed by atoms with E-state index >= 15 is 0 Å². The van der Waals surface area contributed by atoms with Crippen molar-refractivity contribution in [2.24, 2.45) is 0 Å². The summed E-state index contributed by atoms with van der Waals surface area (Å²) in [4.78, 5) is 12.0. The molecule has 1 atom stereocenters. The van der Waals surface area contributed by atoms with Crippen LogP contribution >= 0.6 is 0 Å². The van der Waals surface area contributed by atoms with Crippen LogP contribution in [0.15, 0.2) is 41.3 Å². The van der Waals surface area contributed by atoms with Crippen molar-refractivity contribution in [3.05, 3.63) is 48.0 Å². The van der Waals surface area contributed by atoms with E-state index in [4.69, 9.17) is 9.47 Å². The largest absolute Gasteiger partial charge is 0.493 e. The molecular weight excluding hydrogens is 382 g/mol. The Bertz CT molecular complexity index is 950. The summed E-state index contributed by atoms with van der Waals surface area (Å²) in [5, 5.41) is 2.31. The molecule has 10 heteroatoms. The van der Waals surface area contributed by atoms with Crippen LogP contribution in [0.3, 0.4) is 0 Å². The van der Waals surface area contributed by atoms with Gasteiger partial charge >= 0.3 is 0 Å². The summed E-state index contributed by atoms with van der Waals surface area (Å²) in [5.41, 5.74) is -0.00364. The van der Waals surface area contributed by atoms with Gasteiger partial charge in [0.25, 0.3) is 0 Å². The van der Waals surface area contributed by atoms with E-state index in [1.54, 1.807) is 0 Å². The number of carbonyl (C=O) groups is 1. The summed E-state index contributed by atoms with van der Waals surface area (Å²) >= 11 is 0. The van der Waals surface area contributed by atoms with Gasteiger partial charge in [-0.1, -0.05) is 0 Å². The second-order valence-electron chi connectivity index (χ2n) is 5.48. The minimum Gasteiger partial charge on any atom is -0.493 e. The van der Waals surface area contributed by atoms with Crippen molar-refractivity contribution < 1.29 is 31.5 Å². The van der Waals surface area contributed by atoms with Gasteiger partial charge in [0.05, 0.1) is 25.2 Å². The second kappa shape index (κ2) is 8.31. The zero-order chi connectivity index (χ0) is 20.2. The maximum Gasteiger partial charge on any atom is 0.242 e. The van der Waals surface area contributed by atoms with Gasteiger partial charge in [-0.3, -0.25) is 4.79 Å². The number of carbonyl (C=O) groups excluding carboxylic acids is 1. The first-order valence-electron chi connectivity index (χ1n) is 7.68. The highest BCUT2D eigenvalue weighted by atomic mass is 32.2. The molecule has 0 fully saturated rings. The number of anilines is 1. The molecule has 2 N–H and O–H groups in total. The van der Waals surface area contributed by atoms with Crippen LogP contribution in [-0.4, -0.2) is 34.6 Å². The van der Waals surface area contributed by atoms with E-state index in [-0.39, 0.29) is 16.3 Å². The van der Waals surface area contributed by atoms with Crippen LogP contribution in [-0.2, 0) is 14.8 Å². The van der Waals surface area contributed by atoms with Gasteiger partial charge < -0.3 is 14.8 Å². The third-order valence-electron chi connectivity index (χ3n) is 3.58. The van der Waals surface area contributed by atoms with Crippen molar-refractivity contribution in [2.45, 2.75) is 17.9 Å². The SMILES string of the molecule is COc1ccc(S(=O)(=O)N[C@H](C)C(=O)Nc2ccc(F)c(F)c2)cc1OC. The molecule has 0 spiro atoms. The number of benzene rings is 2. The molecule has 7 nitrogen and oxygen atoms in total. The van der Waals surface area contributed by atoms with Gasteiger partial charge in [-0.25, -0.2) is 17.2 Å². The first-order chi connectivity index (χ1) is 12.7. The Kier molecular flexibility index (Phi) is 6.34. The third kappa shape index (κ3) is 4.92. The molecule has 0 aromatic heterocycles. The zero-order valence-corrected chi connectivity index (χ0v) is 15.6. The van der Waals surface area contributed by atoms with E-state index in [0.717, 1.165) is 18.2 Å². The fourth-order valence-electron chi connectivity index (χ4n) is 2.16. The van der Waals surface area contributed by atoms with Crippen LogP contribution < -0.4 is 19.5 Å². The highest BCUT2D eigenvalue weighted by Gasteiger charge is 2.23. The van der Waals surface area contributed by atoms with Crippen molar-refractivity contribution in [3.8, 4) is 11.5 Å². The lowest BCUT2D eigenvalue weighted by atomic mass is 10.2. The number of methoxy groups -OCH3 is 2. The average molecular weight is 400 g/mol. The number of sulfonamides is 1. The molecule has 2 rings (SSSR count). The Morgan fingerprint density at radius 3 is 2.26 bits per heavy atom. The third-order valence-corrected chi connectivity index (χ3v) is 5.12. The molecule has 0 heterocycles. The molecule has 1 amide bonds. The van der Waals surface area contributed by atoms with Gasteiger partial charge in [-0.15, -0.1) is 0 Å². The highest BCUT2D eigenvalue weighted by Crippen LogP contribution is 2.29. The van der Waals surface area contributed by atoms with Crippen molar-refractivity contribution >= 4 is 21.6 Å². The van der Waals surface area contributed by atoms with Gasteiger partial charge in [0, 0.05) is 17.8 Å². The zero-order valence-electron chi connectivity index (χ0n) is 14.7. The maximum atomic E-state index is 13.2. The van der Waals surface area contributed by atoms with Gasteiger partial charge in [0.15, 0.2) is 23.1 Å². The minimum absolute atomic E-state index is 0.00364. The fourth-order valence-corrected chi connectivity index (χ4v) is 3.38. The van der Waals surface area contributed by atoms with Gasteiger partial charge in [-0.05, 0) is 31.2 Å². The van der Waals surface area contributed by atoms with E-state index in [0.29, 0.717) is 5.75 Å². The van der Waals surface area contributed by atoms with Gasteiger partial charge in [0.1, 0.15) is 0 Å². The Morgan fingerprint density at radius 2 is 1.67 bits per heavy atom. The quantitative estimate of drug-likeness (QED) is 0.744. The normalized spacial score (nSPS) is 12.3. The molecule has 0 aliphatic heterocycles. The van der Waals surface area contributed by atoms with Gasteiger partial charge in [0.2, 0.25) is 15.9 Å². The number of nitrogens with one attached hydrogen (secondary N) is 2. The molecule has 2 aromatic carbocycles. The second-order valence-corrected chi connectivity index (χ2v) is 7.19. The summed E-state index contributed by atoms with van der Waals surface area (Å²) in [5.74, 6) is -2.38. The first kappa shape index (κ1) is 20.6. The molecule has 0 unspecified atom stereocenters. The molecule has 0 saturated carbocycles. The van der Waals surface area contributed by atoms with E-state index < -0.39 is 33.6 Å². The molecule has 27 heavy (non-hydrogen) atoms. The van der Waals surface area contributed by atoms with Crippen molar-refractivity contribution in [3.63, 3.8) is 0 Å². The predicted octanol–water partition coefficient (Wildman–Crippen LogP) is 2.29. The molecule has 0 aliphatic rings. The number of hydrogen-bond donors (Lipinski definition) is 2. The lowest BCUT2D eigenvalue weighted by Crippen LogP contribution is -2.41. The molecule has 0 radical (unpaired) electrons. The molecule has 146 valence electrons. The average Bonchev–Trinajstić information content (AvgIpc) is 2.63. The molecule has 2 aromatic rings. The smallest absolute Gasteiger partial charge is 0.242 e. The van der Waals surface area contributed by atoms with Crippen LogP contribution in [0.25, 0.3) is 0 Å². The van der Waals surface area contributed by atoms with Crippen LogP contribution in [0, 0.1) is 11.6 Å². The summed E-state index contributed by atoms with van der Waals surface area (Å²) in [6.07, 6.45) is 0. The number of rotatable bonds is 7. The molecular formula is C17H18F2N2O5S. The summed E-state index contributed by atoms with van der Waals surface area (Å²) < 4.78 is 63.4. The summed E-state index contributed by atoms with van der Waals surface area (Å²) in [6.45, 7) is 1.31. The minimum atomic E-state index is -4.05. The Morgan fingerprint density at radius 1 is 1.00 bits per heavy atom. The van der Waals surface area contributed by atoms with Crippen LogP contribution in [0.5, 0.6) is 11.5 Å². The first-order valence-corrected chi connectivity index (χ1v) is 9.16. The highest BCUT2D eigenvalue weighted by molar-refractivity contribution is 7.89. The number of amides is 1. The van der Waals surface area contributed by atoms with E-state index in [2.05, 4.69) is 10.0 Å². The van der Waals surface area contributed by atoms with Crippen LogP contribution in [0.4, 0.5) is 14.5 Å². The van der Waals surface area contributed by atoms with Gasteiger partial charge in [-0.2, -0.15) is 4.72 Å². The lowest BCUT2D eigenvalue weighted by Gasteiger charge is -2.15. The van der Waals surface area contributed by atoms with E-state index in [1.807, 2.05) is 0 Å². The maximum absolute atomic E-state index is 13.2. The number of ether oxygens (including phenoxy) is 2. The predicted molar refractivity (Wildman–Crippen MR) is 94.3 cm³/mol. The number of hydrogen-bond acceptors (Lipinski definition) is 5. The Hall–Kier alpha value is -2.72. The monoisotopic (exact) mass is 400 g/mol. The van der Waals surface area contributed by atoms with E-state index in [1.165, 1.54) is 39.3 Å². The van der Waals surface area contributed by atoms with Crippen LogP contribution in [0.2, 0.25) is 0 Å². The fraction of sp³-hybridized carbons (Fsp3) is 0.235. The lowest BCUT2D eigenvalue weighted by molar-refractivity contribution is -0.117. The van der Waals surface area contributed by atoms with Crippen molar-refractivity contribution in [1.82, 2.24) is 4.72 Å². The molecule has 0 bridgehead atoms. The Labute approximate surface area is 155 Å². The molecule has 0 saturated heterocycles. The topological polar surface area (TPSA) is 93.7 Å². The standard InChI is InChI=1S/C17H18F2N2O5S/c1-10(17(22)20-11-4-6-13(18)14(19)8-11)21-27(23,24)12-5-7-15(25-2)16(9-12)26-3/h4-10,21H,1-3H3,(H,20,22)/t10-/m1/s1. The Balaban J connectivity index is 2.14. The van der Waals surface area contributed by atoms with Crippen LogP contribution in [0.1, 0.15) is 6.92 Å². The van der Waals surface area contributed by atoms with Crippen molar-refractivity contribution in [1.29, 1.82) is 0 Å². The van der Waals surface area contributed by atoms with Crippen molar-refractivity contribution in [2.75, 3.05) is 19.5 Å².